The molecule has 0 saturated carbocycles. The molecule has 0 spiro atoms. The molecule has 2 rings (SSSR count). The molecule has 0 aliphatic heterocycles. The molecule has 2 nitrogen and oxygen atoms in total. The van der Waals surface area contributed by atoms with Gasteiger partial charge >= 0.3 is 0 Å². The van der Waals surface area contributed by atoms with Crippen molar-refractivity contribution in [3.8, 4) is 5.75 Å². The minimum absolute atomic E-state index is 0.176. The molecule has 0 amide bonds. The minimum atomic E-state index is -0.306. The van der Waals surface area contributed by atoms with Gasteiger partial charge in [-0.05, 0) is 31.5 Å². The summed E-state index contributed by atoms with van der Waals surface area (Å²) in [5.41, 5.74) is 6.69. The van der Waals surface area contributed by atoms with E-state index in [1.807, 2.05) is 13.0 Å². The highest BCUT2D eigenvalue weighted by Crippen LogP contribution is 2.27. The van der Waals surface area contributed by atoms with E-state index in [1.165, 1.54) is 17.0 Å². The van der Waals surface area contributed by atoms with Crippen LogP contribution in [-0.2, 0) is 13.0 Å². The van der Waals surface area contributed by atoms with Crippen LogP contribution >= 0.6 is 11.3 Å². The normalized spacial score (nSPS) is 12.4. The van der Waals surface area contributed by atoms with Gasteiger partial charge in [-0.15, -0.1) is 11.3 Å². The van der Waals surface area contributed by atoms with Gasteiger partial charge in [0.05, 0.1) is 0 Å². The summed E-state index contributed by atoms with van der Waals surface area (Å²) >= 11 is 1.72. The molecule has 0 aliphatic rings. The number of hydrogen-bond donors (Lipinski definition) is 1. The fourth-order valence-electron chi connectivity index (χ4n) is 1.85. The highest BCUT2D eigenvalue weighted by atomic mass is 32.1. The van der Waals surface area contributed by atoms with Gasteiger partial charge < -0.3 is 10.5 Å². The van der Waals surface area contributed by atoms with Gasteiger partial charge in [0, 0.05) is 27.4 Å². The van der Waals surface area contributed by atoms with Crippen molar-refractivity contribution >= 4 is 11.3 Å². The van der Waals surface area contributed by atoms with E-state index in [0.717, 1.165) is 16.9 Å². The summed E-state index contributed by atoms with van der Waals surface area (Å²) in [5, 5.41) is 0. The average molecular weight is 279 g/mol. The lowest BCUT2D eigenvalue weighted by Gasteiger charge is -2.13. The molecule has 0 saturated heterocycles. The van der Waals surface area contributed by atoms with Gasteiger partial charge in [0.25, 0.3) is 0 Å². The van der Waals surface area contributed by atoms with E-state index in [9.17, 15) is 4.39 Å². The number of ether oxygens (including phenoxy) is 1. The van der Waals surface area contributed by atoms with E-state index in [4.69, 9.17) is 10.5 Å². The van der Waals surface area contributed by atoms with Crippen LogP contribution in [0.4, 0.5) is 4.39 Å². The quantitative estimate of drug-likeness (QED) is 0.896. The number of nitrogens with two attached hydrogens (primary N) is 1. The van der Waals surface area contributed by atoms with Crippen LogP contribution in [-0.4, -0.2) is 0 Å². The Morgan fingerprint density at radius 1 is 1.26 bits per heavy atom. The van der Waals surface area contributed by atoms with Crippen molar-refractivity contribution in [2.45, 2.75) is 32.9 Å². The second-order valence-electron chi connectivity index (χ2n) is 4.48. The lowest BCUT2D eigenvalue weighted by Crippen LogP contribution is -2.08. The van der Waals surface area contributed by atoms with Gasteiger partial charge in [-0.25, -0.2) is 4.39 Å². The summed E-state index contributed by atoms with van der Waals surface area (Å²) in [4.78, 5) is 2.46. The van der Waals surface area contributed by atoms with Crippen molar-refractivity contribution in [3.05, 3.63) is 51.5 Å². The number of thiophene rings is 1. The SMILES string of the molecule is CCc1ccc(COc2cc(F)ccc2C(C)N)s1. The Kier molecular flexibility index (Phi) is 4.56. The van der Waals surface area contributed by atoms with Crippen molar-refractivity contribution in [1.29, 1.82) is 0 Å². The van der Waals surface area contributed by atoms with Crippen molar-refractivity contribution in [3.63, 3.8) is 0 Å². The second-order valence-corrected chi connectivity index (χ2v) is 5.73. The highest BCUT2D eigenvalue weighted by molar-refractivity contribution is 7.11. The second kappa shape index (κ2) is 6.17. The number of aryl methyl sites for hydroxylation is 1. The molecule has 1 aromatic carbocycles. The Labute approximate surface area is 117 Å². The highest BCUT2D eigenvalue weighted by Gasteiger charge is 2.10. The van der Waals surface area contributed by atoms with E-state index in [2.05, 4.69) is 13.0 Å². The Morgan fingerprint density at radius 3 is 2.63 bits per heavy atom. The zero-order valence-corrected chi connectivity index (χ0v) is 12.0. The van der Waals surface area contributed by atoms with Gasteiger partial charge in [-0.1, -0.05) is 13.0 Å². The van der Waals surface area contributed by atoms with Crippen molar-refractivity contribution in [2.24, 2.45) is 5.73 Å². The molecule has 2 N–H and O–H groups in total. The van der Waals surface area contributed by atoms with E-state index in [1.54, 1.807) is 17.4 Å². The summed E-state index contributed by atoms with van der Waals surface area (Å²) in [7, 11) is 0. The van der Waals surface area contributed by atoms with E-state index < -0.39 is 0 Å². The third-order valence-corrected chi connectivity index (χ3v) is 4.10. The molecule has 2 aromatic rings. The zero-order chi connectivity index (χ0) is 13.8. The summed E-state index contributed by atoms with van der Waals surface area (Å²) in [6.45, 7) is 4.44. The van der Waals surface area contributed by atoms with Gasteiger partial charge in [0.15, 0.2) is 0 Å². The van der Waals surface area contributed by atoms with Gasteiger partial charge in [0.1, 0.15) is 18.2 Å². The van der Waals surface area contributed by atoms with Crippen molar-refractivity contribution < 1.29 is 9.13 Å². The molecule has 19 heavy (non-hydrogen) atoms. The lowest BCUT2D eigenvalue weighted by molar-refractivity contribution is 0.303. The van der Waals surface area contributed by atoms with Crippen LogP contribution < -0.4 is 10.5 Å². The smallest absolute Gasteiger partial charge is 0.127 e. The first kappa shape index (κ1) is 14.0. The lowest BCUT2D eigenvalue weighted by atomic mass is 10.1. The Morgan fingerprint density at radius 2 is 2.00 bits per heavy atom. The summed E-state index contributed by atoms with van der Waals surface area (Å²) in [6, 6.07) is 8.46. The summed E-state index contributed by atoms with van der Waals surface area (Å²) < 4.78 is 19.0. The standard InChI is InChI=1S/C15H18FNOS/c1-3-12-5-6-13(19-12)9-18-15-8-11(16)4-7-14(15)10(2)17/h4-8,10H,3,9,17H2,1-2H3. The maximum absolute atomic E-state index is 13.3. The van der Waals surface area contributed by atoms with E-state index >= 15 is 0 Å². The monoisotopic (exact) mass is 279 g/mol. The molecular weight excluding hydrogens is 261 g/mol. The van der Waals surface area contributed by atoms with Crippen LogP contribution in [0.15, 0.2) is 30.3 Å². The molecule has 1 aromatic heterocycles. The molecule has 0 bridgehead atoms. The van der Waals surface area contributed by atoms with Crippen LogP contribution in [0.2, 0.25) is 0 Å². The fraction of sp³-hybridized carbons (Fsp3) is 0.333. The number of rotatable bonds is 5. The van der Waals surface area contributed by atoms with Crippen LogP contribution in [0, 0.1) is 5.82 Å². The Hall–Kier alpha value is -1.39. The number of halogens is 1. The first-order chi connectivity index (χ1) is 9.10. The summed E-state index contributed by atoms with van der Waals surface area (Å²) in [6.07, 6.45) is 1.02. The molecule has 1 unspecified atom stereocenters. The molecule has 0 radical (unpaired) electrons. The maximum Gasteiger partial charge on any atom is 0.127 e. The molecule has 4 heteroatoms. The van der Waals surface area contributed by atoms with E-state index in [0.29, 0.717) is 12.4 Å². The Bertz CT molecular complexity index is 551. The number of benzene rings is 1. The maximum atomic E-state index is 13.3. The first-order valence-electron chi connectivity index (χ1n) is 6.35. The van der Waals surface area contributed by atoms with Gasteiger partial charge in [-0.2, -0.15) is 0 Å². The van der Waals surface area contributed by atoms with Crippen molar-refractivity contribution in [2.75, 3.05) is 0 Å². The van der Waals surface area contributed by atoms with Gasteiger partial charge in [0.2, 0.25) is 0 Å². The van der Waals surface area contributed by atoms with Crippen LogP contribution in [0.5, 0.6) is 5.75 Å². The third kappa shape index (κ3) is 3.55. The molecule has 1 heterocycles. The number of hydrogen-bond acceptors (Lipinski definition) is 3. The fourth-order valence-corrected chi connectivity index (χ4v) is 2.72. The average Bonchev–Trinajstić information content (AvgIpc) is 2.84. The summed E-state index contributed by atoms with van der Waals surface area (Å²) in [5.74, 6) is 0.223. The van der Waals surface area contributed by atoms with Crippen LogP contribution in [0.25, 0.3) is 0 Å². The van der Waals surface area contributed by atoms with Crippen molar-refractivity contribution in [1.82, 2.24) is 0 Å². The first-order valence-corrected chi connectivity index (χ1v) is 7.17. The van der Waals surface area contributed by atoms with E-state index in [-0.39, 0.29) is 11.9 Å². The molecule has 0 aliphatic carbocycles. The van der Waals surface area contributed by atoms with Crippen LogP contribution in [0.1, 0.15) is 35.2 Å². The predicted octanol–water partition coefficient (Wildman–Crippen LogP) is 4.05. The molecular formula is C15H18FNOS. The zero-order valence-electron chi connectivity index (χ0n) is 11.2. The van der Waals surface area contributed by atoms with Gasteiger partial charge in [-0.3, -0.25) is 0 Å². The minimum Gasteiger partial charge on any atom is -0.488 e. The Balaban J connectivity index is 2.12. The largest absolute Gasteiger partial charge is 0.488 e. The molecule has 102 valence electrons. The predicted molar refractivity (Wildman–Crippen MR) is 77.0 cm³/mol. The topological polar surface area (TPSA) is 35.2 Å². The van der Waals surface area contributed by atoms with Crippen LogP contribution in [0.3, 0.4) is 0 Å². The molecule has 0 fully saturated rings. The molecule has 1 atom stereocenters. The third-order valence-electron chi connectivity index (χ3n) is 2.90.